The molecule has 11 heteroatoms. The van der Waals surface area contributed by atoms with Gasteiger partial charge in [0.15, 0.2) is 5.82 Å². The summed E-state index contributed by atoms with van der Waals surface area (Å²) < 4.78 is 31.9. The summed E-state index contributed by atoms with van der Waals surface area (Å²) >= 11 is 13.1. The molecule has 1 amide bonds. The molecule has 8 nitrogen and oxygen atoms in total. The Kier molecular flexibility index (Phi) is 8.32. The van der Waals surface area contributed by atoms with Crippen molar-refractivity contribution in [2.45, 2.75) is 88.6 Å². The highest BCUT2D eigenvalue weighted by Crippen LogP contribution is 2.51. The van der Waals surface area contributed by atoms with Crippen molar-refractivity contribution in [2.24, 2.45) is 11.8 Å². The summed E-state index contributed by atoms with van der Waals surface area (Å²) in [6, 6.07) is 12.0. The van der Waals surface area contributed by atoms with Gasteiger partial charge in [0, 0.05) is 77.8 Å². The minimum absolute atomic E-state index is 0.0755. The molecule has 0 spiro atoms. The minimum atomic E-state index is -0.470. The summed E-state index contributed by atoms with van der Waals surface area (Å²) in [5.74, 6) is 0.248. The maximum Gasteiger partial charge on any atom is 0.226 e. The van der Waals surface area contributed by atoms with Crippen LogP contribution in [0, 0.1) is 35.9 Å². The van der Waals surface area contributed by atoms with Gasteiger partial charge in [0.2, 0.25) is 5.91 Å². The molecule has 4 saturated heterocycles. The van der Waals surface area contributed by atoms with Crippen molar-refractivity contribution in [2.75, 3.05) is 26.3 Å². The fourth-order valence-electron chi connectivity index (χ4n) is 9.12. The Balaban J connectivity index is 1.24. The summed E-state index contributed by atoms with van der Waals surface area (Å²) in [5.41, 5.74) is 4.50. The molecule has 2 saturated carbocycles. The Hall–Kier alpha value is -3.26. The van der Waals surface area contributed by atoms with Crippen LogP contribution in [0.3, 0.4) is 0 Å². The smallest absolute Gasteiger partial charge is 0.226 e. The third-order valence-corrected chi connectivity index (χ3v) is 12.6. The van der Waals surface area contributed by atoms with Crippen LogP contribution in [0.1, 0.15) is 74.0 Å². The van der Waals surface area contributed by atoms with Crippen LogP contribution in [-0.2, 0) is 20.7 Å². The number of carbonyl (C=O) groups excluding carboxylic acids is 1. The summed E-state index contributed by atoms with van der Waals surface area (Å²) in [6.45, 7) is 4.74. The first-order valence-electron chi connectivity index (χ1n) is 18.1. The molecular weight excluding hydrogens is 676 g/mol. The van der Waals surface area contributed by atoms with Gasteiger partial charge in [-0.3, -0.25) is 4.79 Å². The monoisotopic (exact) mass is 715 g/mol. The first kappa shape index (κ1) is 32.6. The lowest BCUT2D eigenvalue weighted by Gasteiger charge is -2.39. The Morgan fingerprint density at radius 3 is 2.78 bits per heavy atom. The number of hydrogen-bond acceptors (Lipinski definition) is 6. The van der Waals surface area contributed by atoms with E-state index in [0.29, 0.717) is 65.1 Å². The molecule has 0 radical (unpaired) electrons. The zero-order chi connectivity index (χ0) is 34.3. The number of hydrogen-bond donors (Lipinski definition) is 1. The largest absolute Gasteiger partial charge is 0.376 e. The molecule has 2 aromatic carbocycles. The van der Waals surface area contributed by atoms with Crippen LogP contribution in [0.4, 0.5) is 4.39 Å². The molecule has 6 unspecified atom stereocenters. The van der Waals surface area contributed by atoms with Crippen LogP contribution < -0.4 is 5.32 Å². The van der Waals surface area contributed by atoms with Crippen molar-refractivity contribution in [3.8, 4) is 17.2 Å². The van der Waals surface area contributed by atoms with E-state index in [2.05, 4.69) is 26.9 Å². The van der Waals surface area contributed by atoms with Gasteiger partial charge in [0.05, 0.1) is 52.5 Å². The molecule has 260 valence electrons. The number of carbonyl (C=O) groups is 1. The Morgan fingerprint density at radius 2 is 2.06 bits per heavy atom. The topological polar surface area (TPSA) is 92.4 Å². The first-order valence-corrected chi connectivity index (χ1v) is 18.8. The molecule has 4 aliphatic heterocycles. The Bertz CT molecular complexity index is 2050. The highest BCUT2D eigenvalue weighted by Gasteiger charge is 2.51. The number of halogens is 3. The van der Waals surface area contributed by atoms with Gasteiger partial charge in [-0.05, 0) is 75.1 Å². The van der Waals surface area contributed by atoms with Crippen LogP contribution in [-0.4, -0.2) is 64.9 Å². The minimum Gasteiger partial charge on any atom is -0.376 e. The molecule has 6 atom stereocenters. The van der Waals surface area contributed by atoms with E-state index < -0.39 is 5.82 Å². The van der Waals surface area contributed by atoms with Gasteiger partial charge in [-0.25, -0.2) is 9.37 Å². The fourth-order valence-corrected chi connectivity index (χ4v) is 9.52. The van der Waals surface area contributed by atoms with Crippen molar-refractivity contribution in [3.05, 3.63) is 63.1 Å². The molecule has 6 heterocycles. The number of likely N-dealkylation sites (tertiary alicyclic amines) is 1. The van der Waals surface area contributed by atoms with E-state index in [0.717, 1.165) is 67.5 Å². The summed E-state index contributed by atoms with van der Waals surface area (Å²) in [6.07, 6.45) is 6.29. The number of benzene rings is 2. The zero-order valence-corrected chi connectivity index (χ0v) is 29.6. The predicted octanol–water partition coefficient (Wildman–Crippen LogP) is 7.85. The molecule has 1 N–H and O–H groups in total. The van der Waals surface area contributed by atoms with E-state index in [4.69, 9.17) is 37.7 Å². The number of aromatic nitrogens is 2. The van der Waals surface area contributed by atoms with Crippen molar-refractivity contribution >= 4 is 50.9 Å². The Labute approximate surface area is 300 Å². The van der Waals surface area contributed by atoms with Crippen LogP contribution in [0.2, 0.25) is 10.0 Å². The number of nitriles is 1. The van der Waals surface area contributed by atoms with Crippen molar-refractivity contribution < 1.29 is 18.7 Å². The molecule has 4 aromatic rings. The van der Waals surface area contributed by atoms with E-state index in [1.165, 1.54) is 0 Å². The number of fused-ring (bicyclic) bond motifs is 4. The van der Waals surface area contributed by atoms with Gasteiger partial charge >= 0.3 is 0 Å². The number of pyridine rings is 1. The van der Waals surface area contributed by atoms with E-state index in [9.17, 15) is 10.1 Å². The van der Waals surface area contributed by atoms with E-state index in [1.807, 2.05) is 13.0 Å². The molecular formula is C39H40Cl2FN5O3. The quantitative estimate of drug-likeness (QED) is 0.190. The molecule has 2 aliphatic carbocycles. The van der Waals surface area contributed by atoms with Crippen molar-refractivity contribution in [3.63, 3.8) is 0 Å². The average molecular weight is 717 g/mol. The van der Waals surface area contributed by atoms with Crippen LogP contribution in [0.5, 0.6) is 0 Å². The van der Waals surface area contributed by atoms with Crippen LogP contribution >= 0.6 is 23.2 Å². The van der Waals surface area contributed by atoms with Crippen LogP contribution in [0.25, 0.3) is 32.9 Å². The maximum absolute atomic E-state index is 17.1. The molecule has 50 heavy (non-hydrogen) atoms. The molecule has 6 fully saturated rings. The van der Waals surface area contributed by atoms with Gasteiger partial charge in [-0.15, -0.1) is 0 Å². The molecule has 2 bridgehead atoms. The second-order valence-electron chi connectivity index (χ2n) is 14.9. The van der Waals surface area contributed by atoms with Gasteiger partial charge in [0.25, 0.3) is 0 Å². The lowest BCUT2D eigenvalue weighted by molar-refractivity contribution is -0.134. The zero-order valence-electron chi connectivity index (χ0n) is 28.1. The third-order valence-electron chi connectivity index (χ3n) is 11.8. The van der Waals surface area contributed by atoms with Crippen LogP contribution in [0.15, 0.2) is 30.3 Å². The molecule has 10 rings (SSSR count). The molecule has 6 aliphatic rings. The first-order chi connectivity index (χ1) is 24.3. The third kappa shape index (κ3) is 5.33. The number of amides is 1. The highest BCUT2D eigenvalue weighted by atomic mass is 35.5. The Morgan fingerprint density at radius 1 is 1.20 bits per heavy atom. The van der Waals surface area contributed by atoms with Crippen molar-refractivity contribution in [1.29, 1.82) is 5.26 Å². The van der Waals surface area contributed by atoms with E-state index >= 15 is 4.39 Å². The second kappa shape index (κ2) is 12.8. The SMILES string of the molecule is Cc1nc2c(F)c(-c3cccc(Cl)c3Cl)c(CCC#N)cc2c2c1cc(C1CC(OCC3CCCO3)CN1C(=O)C1CC1)n2C1C2CNC1C2. The summed E-state index contributed by atoms with van der Waals surface area (Å²) in [4.78, 5) is 20.9. The number of ether oxygens (including phenoxy) is 2. The number of nitrogens with zero attached hydrogens (tertiary/aromatic N) is 4. The van der Waals surface area contributed by atoms with Crippen molar-refractivity contribution in [1.82, 2.24) is 19.8 Å². The average Bonchev–Trinajstić information content (AvgIpc) is 3.62. The number of rotatable bonds is 9. The standard InChI is InChI=1S/C39H40Cl2FN5O3/c1-20-27-16-32(31-15-25(50-19-24-6-4-12-49-24)18-46(31)39(48)21-9-10-21)47(37-23-14-30(37)44-17-23)38(27)28-13-22(5-3-11-43)33(35(42)36(28)45-20)26-7-2-8-29(40)34(26)41/h2,7-8,13,16,21,23-25,30-31,37,44H,3-6,9-10,12,14-15,17-19H2,1H3. The lowest BCUT2D eigenvalue weighted by atomic mass is 9.79. The van der Waals surface area contributed by atoms with E-state index in [-0.39, 0.29) is 53.1 Å². The van der Waals surface area contributed by atoms with E-state index in [1.54, 1.807) is 18.2 Å². The lowest BCUT2D eigenvalue weighted by Crippen LogP contribution is -2.41. The summed E-state index contributed by atoms with van der Waals surface area (Å²) in [5, 5.41) is 15.6. The van der Waals surface area contributed by atoms with Gasteiger partial charge < -0.3 is 24.3 Å². The summed E-state index contributed by atoms with van der Waals surface area (Å²) in [7, 11) is 0. The van der Waals surface area contributed by atoms with Gasteiger partial charge in [-0.2, -0.15) is 5.26 Å². The second-order valence-corrected chi connectivity index (χ2v) is 15.7. The maximum atomic E-state index is 17.1. The van der Waals surface area contributed by atoms with Gasteiger partial charge in [-0.1, -0.05) is 35.3 Å². The highest BCUT2D eigenvalue weighted by molar-refractivity contribution is 6.43. The normalized spacial score (nSPS) is 27.4. The van der Waals surface area contributed by atoms with Gasteiger partial charge in [0.1, 0.15) is 5.52 Å². The molecule has 2 aromatic heterocycles. The number of nitrogens with one attached hydrogen (secondary N) is 1. The predicted molar refractivity (Wildman–Crippen MR) is 191 cm³/mol. The number of aryl methyl sites for hydroxylation is 2. The fraction of sp³-hybridized carbons (Fsp3) is 0.513.